The maximum absolute atomic E-state index is 13.1. The van der Waals surface area contributed by atoms with Gasteiger partial charge in [-0.3, -0.25) is 10.2 Å². The number of carbonyl (C=O) groups is 1. The van der Waals surface area contributed by atoms with Crippen molar-refractivity contribution >= 4 is 23.2 Å². The highest BCUT2D eigenvalue weighted by Crippen LogP contribution is 2.25. The second-order valence-electron chi connectivity index (χ2n) is 6.22. The van der Waals surface area contributed by atoms with Crippen molar-refractivity contribution in [1.29, 1.82) is 0 Å². The number of hydrazine groups is 1. The number of imidazole rings is 1. The Labute approximate surface area is 154 Å². The summed E-state index contributed by atoms with van der Waals surface area (Å²) < 4.78 is 14.9. The zero-order valence-corrected chi connectivity index (χ0v) is 14.5. The maximum Gasteiger partial charge on any atom is 0.226 e. The van der Waals surface area contributed by atoms with E-state index in [0.29, 0.717) is 18.1 Å². The summed E-state index contributed by atoms with van der Waals surface area (Å²) in [5.41, 5.74) is 8.46. The van der Waals surface area contributed by atoms with E-state index in [-0.39, 0.29) is 23.7 Å². The lowest BCUT2D eigenvalue weighted by molar-refractivity contribution is -0.125. The Bertz CT molecular complexity index is 942. The van der Waals surface area contributed by atoms with E-state index in [4.69, 9.17) is 11.6 Å². The van der Waals surface area contributed by atoms with Crippen molar-refractivity contribution in [2.75, 3.05) is 6.54 Å². The third-order valence-electron chi connectivity index (χ3n) is 4.46. The Balaban J connectivity index is 1.44. The molecule has 3 N–H and O–H groups in total. The van der Waals surface area contributed by atoms with Crippen LogP contribution in [0.2, 0.25) is 5.02 Å². The standard InChI is InChI=1S/C18H17ClFN5O/c19-12-3-6-16-23-14(10-25(16)9-12)7-21-18(26)15-8-22-24-17(15)11-1-4-13(20)5-2-11/h1-6,9-10,15,17,22,24H,7-8H2,(H,21,26). The number of nitrogens with zero attached hydrogens (tertiary/aromatic N) is 2. The van der Waals surface area contributed by atoms with Gasteiger partial charge < -0.3 is 9.72 Å². The molecule has 134 valence electrons. The van der Waals surface area contributed by atoms with E-state index in [2.05, 4.69) is 21.2 Å². The number of fused-ring (bicyclic) bond motifs is 1. The minimum atomic E-state index is -0.299. The minimum absolute atomic E-state index is 0.0908. The van der Waals surface area contributed by atoms with Crippen molar-refractivity contribution in [3.05, 3.63) is 70.9 Å². The smallest absolute Gasteiger partial charge is 0.226 e. The average Bonchev–Trinajstić information content (AvgIpc) is 3.26. The van der Waals surface area contributed by atoms with E-state index in [0.717, 1.165) is 16.9 Å². The van der Waals surface area contributed by atoms with Crippen LogP contribution in [0.3, 0.4) is 0 Å². The first-order valence-corrected chi connectivity index (χ1v) is 8.62. The van der Waals surface area contributed by atoms with E-state index >= 15 is 0 Å². The van der Waals surface area contributed by atoms with Crippen LogP contribution in [0.1, 0.15) is 17.3 Å². The van der Waals surface area contributed by atoms with Gasteiger partial charge in [0.15, 0.2) is 0 Å². The van der Waals surface area contributed by atoms with E-state index < -0.39 is 0 Å². The number of pyridine rings is 1. The van der Waals surface area contributed by atoms with Gasteiger partial charge in [-0.1, -0.05) is 23.7 Å². The van der Waals surface area contributed by atoms with Gasteiger partial charge in [0.2, 0.25) is 5.91 Å². The number of hydrogen-bond acceptors (Lipinski definition) is 4. The van der Waals surface area contributed by atoms with Gasteiger partial charge in [0, 0.05) is 18.9 Å². The fraction of sp³-hybridized carbons (Fsp3) is 0.222. The minimum Gasteiger partial charge on any atom is -0.350 e. The highest BCUT2D eigenvalue weighted by atomic mass is 35.5. The number of hydrogen-bond donors (Lipinski definition) is 3. The largest absolute Gasteiger partial charge is 0.350 e. The summed E-state index contributed by atoms with van der Waals surface area (Å²) in [4.78, 5) is 17.1. The van der Waals surface area contributed by atoms with Gasteiger partial charge in [-0.15, -0.1) is 0 Å². The third kappa shape index (κ3) is 3.41. The second kappa shape index (κ2) is 7.03. The lowest BCUT2D eigenvalue weighted by Crippen LogP contribution is -2.34. The van der Waals surface area contributed by atoms with Crippen molar-refractivity contribution in [3.63, 3.8) is 0 Å². The van der Waals surface area contributed by atoms with Gasteiger partial charge in [-0.2, -0.15) is 0 Å². The molecule has 1 amide bonds. The van der Waals surface area contributed by atoms with Gasteiger partial charge in [-0.05, 0) is 29.8 Å². The predicted octanol–water partition coefficient (Wildman–Crippen LogP) is 2.21. The van der Waals surface area contributed by atoms with Gasteiger partial charge in [-0.25, -0.2) is 14.8 Å². The highest BCUT2D eigenvalue weighted by molar-refractivity contribution is 6.30. The fourth-order valence-corrected chi connectivity index (χ4v) is 3.31. The molecule has 3 aromatic rings. The van der Waals surface area contributed by atoms with Gasteiger partial charge in [0.05, 0.1) is 29.2 Å². The number of nitrogens with one attached hydrogen (secondary N) is 3. The van der Waals surface area contributed by atoms with Crippen molar-refractivity contribution in [3.8, 4) is 0 Å². The molecule has 2 atom stereocenters. The molecule has 1 aliphatic rings. The maximum atomic E-state index is 13.1. The SMILES string of the molecule is O=C(NCc1cn2cc(Cl)ccc2n1)C1CNNC1c1ccc(F)cc1. The Morgan fingerprint density at radius 2 is 2.08 bits per heavy atom. The summed E-state index contributed by atoms with van der Waals surface area (Å²) in [6, 6.07) is 9.55. The van der Waals surface area contributed by atoms with Crippen LogP contribution in [0.25, 0.3) is 5.65 Å². The van der Waals surface area contributed by atoms with Crippen LogP contribution < -0.4 is 16.2 Å². The molecule has 26 heavy (non-hydrogen) atoms. The molecule has 6 nitrogen and oxygen atoms in total. The molecule has 2 aromatic heterocycles. The van der Waals surface area contributed by atoms with E-state index in [9.17, 15) is 9.18 Å². The number of amides is 1. The van der Waals surface area contributed by atoms with Crippen LogP contribution in [-0.2, 0) is 11.3 Å². The van der Waals surface area contributed by atoms with Crippen LogP contribution in [0.15, 0.2) is 48.8 Å². The first-order chi connectivity index (χ1) is 12.6. The van der Waals surface area contributed by atoms with Gasteiger partial charge >= 0.3 is 0 Å². The Hall–Kier alpha value is -2.48. The monoisotopic (exact) mass is 373 g/mol. The molecular formula is C18H17ClFN5O. The highest BCUT2D eigenvalue weighted by Gasteiger charge is 2.33. The summed E-state index contributed by atoms with van der Waals surface area (Å²) in [7, 11) is 0. The summed E-state index contributed by atoms with van der Waals surface area (Å²) in [5, 5.41) is 3.55. The van der Waals surface area contributed by atoms with Crippen molar-refractivity contribution < 1.29 is 9.18 Å². The van der Waals surface area contributed by atoms with Gasteiger partial charge in [0.25, 0.3) is 0 Å². The van der Waals surface area contributed by atoms with Crippen LogP contribution in [-0.4, -0.2) is 21.8 Å². The molecule has 0 bridgehead atoms. The van der Waals surface area contributed by atoms with E-state index in [1.807, 2.05) is 16.7 Å². The van der Waals surface area contributed by atoms with Crippen LogP contribution in [0.5, 0.6) is 0 Å². The van der Waals surface area contributed by atoms with Crippen LogP contribution in [0.4, 0.5) is 4.39 Å². The number of rotatable bonds is 4. The lowest BCUT2D eigenvalue weighted by Gasteiger charge is -2.18. The third-order valence-corrected chi connectivity index (χ3v) is 4.68. The molecule has 1 saturated heterocycles. The Morgan fingerprint density at radius 1 is 1.27 bits per heavy atom. The van der Waals surface area contributed by atoms with Crippen molar-refractivity contribution in [1.82, 2.24) is 25.6 Å². The molecule has 8 heteroatoms. The van der Waals surface area contributed by atoms with E-state index in [1.165, 1.54) is 12.1 Å². The molecular weight excluding hydrogens is 357 g/mol. The van der Waals surface area contributed by atoms with Crippen LogP contribution in [0, 0.1) is 11.7 Å². The Kier molecular flexibility index (Phi) is 4.58. The number of benzene rings is 1. The molecule has 2 unspecified atom stereocenters. The summed E-state index contributed by atoms with van der Waals surface area (Å²) in [6.45, 7) is 0.819. The molecule has 0 spiro atoms. The molecule has 1 aromatic carbocycles. The average molecular weight is 374 g/mol. The summed E-state index contributed by atoms with van der Waals surface area (Å²) >= 11 is 5.97. The van der Waals surface area contributed by atoms with Crippen molar-refractivity contribution in [2.24, 2.45) is 5.92 Å². The first kappa shape index (κ1) is 17.0. The van der Waals surface area contributed by atoms with E-state index in [1.54, 1.807) is 24.4 Å². The normalized spacial score (nSPS) is 19.8. The molecule has 1 fully saturated rings. The molecule has 0 aliphatic carbocycles. The Morgan fingerprint density at radius 3 is 2.88 bits per heavy atom. The van der Waals surface area contributed by atoms with Crippen LogP contribution >= 0.6 is 11.6 Å². The first-order valence-electron chi connectivity index (χ1n) is 8.25. The molecule has 4 rings (SSSR count). The second-order valence-corrected chi connectivity index (χ2v) is 6.66. The number of aromatic nitrogens is 2. The molecule has 3 heterocycles. The topological polar surface area (TPSA) is 70.5 Å². The lowest BCUT2D eigenvalue weighted by atomic mass is 9.94. The quantitative estimate of drug-likeness (QED) is 0.655. The van der Waals surface area contributed by atoms with Gasteiger partial charge in [0.1, 0.15) is 11.5 Å². The number of halogens is 2. The number of carbonyl (C=O) groups excluding carboxylic acids is 1. The summed E-state index contributed by atoms with van der Waals surface area (Å²) in [5.74, 6) is -0.688. The molecule has 1 aliphatic heterocycles. The zero-order chi connectivity index (χ0) is 18.1. The zero-order valence-electron chi connectivity index (χ0n) is 13.7. The molecule has 0 radical (unpaired) electrons. The summed E-state index contributed by atoms with van der Waals surface area (Å²) in [6.07, 6.45) is 3.61. The predicted molar refractivity (Wildman–Crippen MR) is 95.8 cm³/mol. The fourth-order valence-electron chi connectivity index (χ4n) is 3.14. The molecule has 0 saturated carbocycles. The van der Waals surface area contributed by atoms with Crippen molar-refractivity contribution in [2.45, 2.75) is 12.6 Å².